The maximum atomic E-state index is 13.4. The van der Waals surface area contributed by atoms with Gasteiger partial charge in [0.05, 0.1) is 13.7 Å². The molecule has 4 rings (SSSR count). The maximum Gasteiger partial charge on any atom is 0.459 e. The number of methoxy groups -OCH3 is 1. The van der Waals surface area contributed by atoms with Crippen molar-refractivity contribution in [2.75, 3.05) is 19.5 Å². The minimum Gasteiger partial charge on any atom is -0.468 e. The number of anilines is 1. The van der Waals surface area contributed by atoms with Gasteiger partial charge in [0.25, 0.3) is 0 Å². The molecule has 3 N–H and O–H groups in total. The van der Waals surface area contributed by atoms with Crippen molar-refractivity contribution in [3.63, 3.8) is 0 Å². The SMILES string of the molecule is COC(=O)[C@H](C)NP(=O)(OCC1C/C1=C\n1cnc2c(N)ncnc21)Oc1ccccc1. The highest BCUT2D eigenvalue weighted by atomic mass is 31.2. The number of nitrogens with zero attached hydrogens (tertiary/aromatic N) is 4. The molecule has 1 saturated carbocycles. The van der Waals surface area contributed by atoms with Gasteiger partial charge in [-0.2, -0.15) is 5.09 Å². The Balaban J connectivity index is 1.45. The molecule has 0 spiro atoms. The average Bonchev–Trinajstić information content (AvgIpc) is 3.40. The maximum absolute atomic E-state index is 13.4. The van der Waals surface area contributed by atoms with Crippen LogP contribution < -0.4 is 15.3 Å². The van der Waals surface area contributed by atoms with Gasteiger partial charge in [0.15, 0.2) is 17.0 Å². The highest BCUT2D eigenvalue weighted by molar-refractivity contribution is 7.52. The van der Waals surface area contributed by atoms with Crippen molar-refractivity contribution in [3.8, 4) is 5.75 Å². The van der Waals surface area contributed by atoms with Crippen LogP contribution in [0.1, 0.15) is 13.3 Å². The third kappa shape index (κ3) is 4.96. The topological polar surface area (TPSA) is 143 Å². The summed E-state index contributed by atoms with van der Waals surface area (Å²) in [7, 11) is -2.60. The van der Waals surface area contributed by atoms with Crippen LogP contribution in [-0.2, 0) is 18.6 Å². The molecule has 168 valence electrons. The Kier molecular flexibility index (Phi) is 6.22. The predicted molar refractivity (Wildman–Crippen MR) is 117 cm³/mol. The van der Waals surface area contributed by atoms with Gasteiger partial charge in [0.1, 0.15) is 24.4 Å². The van der Waals surface area contributed by atoms with E-state index >= 15 is 0 Å². The monoisotopic (exact) mass is 458 g/mol. The quantitative estimate of drug-likeness (QED) is 0.363. The van der Waals surface area contributed by atoms with E-state index in [1.54, 1.807) is 35.2 Å². The number of para-hydroxylation sites is 1. The van der Waals surface area contributed by atoms with Gasteiger partial charge in [-0.15, -0.1) is 0 Å². The van der Waals surface area contributed by atoms with Crippen LogP contribution in [-0.4, -0.2) is 45.2 Å². The first-order valence-electron chi connectivity index (χ1n) is 9.87. The molecule has 1 aromatic carbocycles. The molecule has 32 heavy (non-hydrogen) atoms. The van der Waals surface area contributed by atoms with Crippen LogP contribution in [0.4, 0.5) is 5.82 Å². The van der Waals surface area contributed by atoms with Crippen molar-refractivity contribution in [3.05, 3.63) is 48.6 Å². The number of fused-ring (bicyclic) bond motifs is 1. The minimum atomic E-state index is -3.86. The number of aromatic nitrogens is 4. The third-order valence-corrected chi connectivity index (χ3v) is 6.50. The van der Waals surface area contributed by atoms with Gasteiger partial charge in [-0.25, -0.2) is 19.5 Å². The number of nitrogens with two attached hydrogens (primary N) is 1. The van der Waals surface area contributed by atoms with Gasteiger partial charge in [-0.1, -0.05) is 18.2 Å². The van der Waals surface area contributed by atoms with Gasteiger partial charge < -0.3 is 15.0 Å². The molecular formula is C20H23N6O5P. The van der Waals surface area contributed by atoms with Crippen LogP contribution in [0, 0.1) is 5.92 Å². The van der Waals surface area contributed by atoms with E-state index in [9.17, 15) is 9.36 Å². The van der Waals surface area contributed by atoms with Crippen molar-refractivity contribution >= 4 is 36.9 Å². The van der Waals surface area contributed by atoms with E-state index in [0.717, 1.165) is 12.0 Å². The fourth-order valence-corrected chi connectivity index (χ4v) is 4.59. The highest BCUT2D eigenvalue weighted by Gasteiger charge is 2.37. The van der Waals surface area contributed by atoms with Crippen LogP contribution in [0.25, 0.3) is 17.4 Å². The number of imidazole rings is 1. The number of nitrogens with one attached hydrogen (secondary N) is 1. The number of rotatable bonds is 9. The molecule has 1 fully saturated rings. The number of carbonyl (C=O) groups is 1. The number of carbonyl (C=O) groups excluding carboxylic acids is 1. The number of nitrogen functional groups attached to an aromatic ring is 1. The molecule has 0 amide bonds. The second kappa shape index (κ2) is 9.07. The lowest BCUT2D eigenvalue weighted by Gasteiger charge is -2.22. The molecular weight excluding hydrogens is 435 g/mol. The molecule has 3 aromatic rings. The van der Waals surface area contributed by atoms with Crippen molar-refractivity contribution in [1.82, 2.24) is 24.6 Å². The lowest BCUT2D eigenvalue weighted by Crippen LogP contribution is -2.34. The first-order valence-corrected chi connectivity index (χ1v) is 11.4. The van der Waals surface area contributed by atoms with Gasteiger partial charge in [0.2, 0.25) is 0 Å². The zero-order valence-electron chi connectivity index (χ0n) is 17.5. The summed E-state index contributed by atoms with van der Waals surface area (Å²) in [4.78, 5) is 24.2. The molecule has 0 radical (unpaired) electrons. The Labute approximate surface area is 184 Å². The van der Waals surface area contributed by atoms with E-state index in [1.165, 1.54) is 20.4 Å². The summed E-state index contributed by atoms with van der Waals surface area (Å²) in [5, 5.41) is 2.64. The van der Waals surface area contributed by atoms with Crippen molar-refractivity contribution in [2.45, 2.75) is 19.4 Å². The molecule has 1 aliphatic carbocycles. The summed E-state index contributed by atoms with van der Waals surface area (Å²) < 4.78 is 31.1. The van der Waals surface area contributed by atoms with E-state index in [4.69, 9.17) is 19.5 Å². The Hall–Kier alpha value is -3.27. The number of hydrogen-bond donors (Lipinski definition) is 2. The smallest absolute Gasteiger partial charge is 0.459 e. The Morgan fingerprint density at radius 1 is 1.34 bits per heavy atom. The van der Waals surface area contributed by atoms with Crippen LogP contribution >= 0.6 is 7.75 Å². The van der Waals surface area contributed by atoms with E-state index in [1.807, 2.05) is 12.3 Å². The molecule has 2 unspecified atom stereocenters. The molecule has 0 saturated heterocycles. The normalized spacial score (nSPS) is 19.4. The number of benzene rings is 1. The number of esters is 1. The summed E-state index contributed by atoms with van der Waals surface area (Å²) in [5.74, 6) is 0.127. The second-order valence-corrected chi connectivity index (χ2v) is 8.95. The molecule has 3 atom stereocenters. The highest BCUT2D eigenvalue weighted by Crippen LogP contribution is 2.48. The Bertz CT molecular complexity index is 1200. The van der Waals surface area contributed by atoms with E-state index in [0.29, 0.717) is 22.7 Å². The summed E-state index contributed by atoms with van der Waals surface area (Å²) in [6.45, 7) is 1.66. The lowest BCUT2D eigenvalue weighted by atomic mass is 10.3. The Morgan fingerprint density at radius 2 is 2.12 bits per heavy atom. The molecule has 2 heterocycles. The Morgan fingerprint density at radius 3 is 2.88 bits per heavy atom. The van der Waals surface area contributed by atoms with Crippen molar-refractivity contribution in [2.24, 2.45) is 5.92 Å². The van der Waals surface area contributed by atoms with Crippen LogP contribution in [0.2, 0.25) is 0 Å². The molecule has 11 nitrogen and oxygen atoms in total. The molecule has 0 bridgehead atoms. The van der Waals surface area contributed by atoms with E-state index in [-0.39, 0.29) is 12.5 Å². The van der Waals surface area contributed by atoms with E-state index in [2.05, 4.69) is 20.0 Å². The molecule has 0 aliphatic heterocycles. The van der Waals surface area contributed by atoms with Gasteiger partial charge in [-0.05, 0) is 31.1 Å². The van der Waals surface area contributed by atoms with Crippen molar-refractivity contribution in [1.29, 1.82) is 0 Å². The van der Waals surface area contributed by atoms with Gasteiger partial charge >= 0.3 is 13.7 Å². The predicted octanol–water partition coefficient (Wildman–Crippen LogP) is 2.62. The fourth-order valence-electron chi connectivity index (χ4n) is 3.06. The zero-order chi connectivity index (χ0) is 22.7. The number of ether oxygens (including phenoxy) is 1. The molecule has 1 aliphatic rings. The van der Waals surface area contributed by atoms with E-state index < -0.39 is 19.8 Å². The van der Waals surface area contributed by atoms with Crippen LogP contribution in [0.15, 0.2) is 48.6 Å². The summed E-state index contributed by atoms with van der Waals surface area (Å²) in [5.41, 5.74) is 8.01. The minimum absolute atomic E-state index is 0.0366. The molecule has 2 aromatic heterocycles. The first kappa shape index (κ1) is 21.9. The molecule has 12 heteroatoms. The zero-order valence-corrected chi connectivity index (χ0v) is 18.4. The lowest BCUT2D eigenvalue weighted by molar-refractivity contribution is -0.142. The van der Waals surface area contributed by atoms with Crippen LogP contribution in [0.3, 0.4) is 0 Å². The fraction of sp³-hybridized carbons (Fsp3) is 0.300. The number of hydrogen-bond acceptors (Lipinski definition) is 9. The van der Waals surface area contributed by atoms with Crippen LogP contribution in [0.5, 0.6) is 5.75 Å². The first-order chi connectivity index (χ1) is 15.4. The second-order valence-electron chi connectivity index (χ2n) is 7.26. The standard InChI is InChI=1S/C20H23N6O5P/c1-13(20(27)29-2)25-32(28,31-16-6-4-3-5-7-16)30-10-15-8-14(15)9-26-12-24-17-18(21)22-11-23-19(17)26/h3-7,9,11-13,15H,8,10H2,1-2H3,(H,25,28)(H2,21,22,23)/b14-9+/t13-,15?,32?/m0/s1. The van der Waals surface area contributed by atoms with Gasteiger partial charge in [-0.3, -0.25) is 13.9 Å². The summed E-state index contributed by atoms with van der Waals surface area (Å²) in [6.07, 6.45) is 5.64. The summed E-state index contributed by atoms with van der Waals surface area (Å²) >= 11 is 0. The summed E-state index contributed by atoms with van der Waals surface area (Å²) in [6, 6.07) is 7.73. The largest absolute Gasteiger partial charge is 0.468 e. The van der Waals surface area contributed by atoms with Gasteiger partial charge in [0, 0.05) is 12.1 Å². The van der Waals surface area contributed by atoms with Crippen molar-refractivity contribution < 1.29 is 23.1 Å². The third-order valence-electron chi connectivity index (χ3n) is 4.86. The average molecular weight is 458 g/mol.